The number of carbonyl (C=O) groups excluding carboxylic acids is 1. The van der Waals surface area contributed by atoms with Crippen molar-refractivity contribution < 1.29 is 19.0 Å². The molecular weight excluding hydrogens is 392 g/mol. The predicted octanol–water partition coefficient (Wildman–Crippen LogP) is 3.95. The van der Waals surface area contributed by atoms with Crippen LogP contribution in [-0.2, 0) is 16.0 Å². The molecule has 1 aromatic rings. The predicted molar refractivity (Wildman–Crippen MR) is 122 cm³/mol. The van der Waals surface area contributed by atoms with E-state index in [-0.39, 0.29) is 23.5 Å². The van der Waals surface area contributed by atoms with Crippen molar-refractivity contribution in [2.45, 2.75) is 72.1 Å². The topological polar surface area (TPSA) is 74.0 Å². The summed E-state index contributed by atoms with van der Waals surface area (Å²) in [5.74, 6) is 2.08. The van der Waals surface area contributed by atoms with Crippen LogP contribution >= 0.6 is 0 Å². The first kappa shape index (κ1) is 23.9. The van der Waals surface area contributed by atoms with Gasteiger partial charge in [-0.3, -0.25) is 9.69 Å². The maximum absolute atomic E-state index is 12.9. The minimum absolute atomic E-state index is 0.136. The fraction of sp³-hybridized carbons (Fsp3) is 0.720. The van der Waals surface area contributed by atoms with Crippen LogP contribution in [0, 0.1) is 17.3 Å². The van der Waals surface area contributed by atoms with E-state index in [9.17, 15) is 4.79 Å². The summed E-state index contributed by atoms with van der Waals surface area (Å²) in [6.45, 7) is 12.3. The van der Waals surface area contributed by atoms with Gasteiger partial charge in [0, 0.05) is 31.5 Å². The van der Waals surface area contributed by atoms with Crippen molar-refractivity contribution in [1.29, 1.82) is 0 Å². The van der Waals surface area contributed by atoms with Gasteiger partial charge in [0.1, 0.15) is 12.1 Å². The van der Waals surface area contributed by atoms with Crippen LogP contribution in [0.4, 0.5) is 0 Å². The minimum atomic E-state index is -0.631. The summed E-state index contributed by atoms with van der Waals surface area (Å²) in [7, 11) is 3.34. The van der Waals surface area contributed by atoms with Crippen LogP contribution in [-0.4, -0.2) is 50.3 Å². The summed E-state index contributed by atoms with van der Waals surface area (Å²) in [5.41, 5.74) is 8.44. The van der Waals surface area contributed by atoms with Gasteiger partial charge in [0.15, 0.2) is 11.5 Å². The zero-order valence-corrected chi connectivity index (χ0v) is 20.2. The first-order chi connectivity index (χ1) is 14.5. The molecule has 2 aliphatic rings. The zero-order valence-electron chi connectivity index (χ0n) is 20.2. The van der Waals surface area contributed by atoms with Crippen LogP contribution in [0.2, 0.25) is 0 Å². The molecule has 174 valence electrons. The number of piperidine rings is 1. The summed E-state index contributed by atoms with van der Waals surface area (Å²) in [5, 5.41) is 0. The van der Waals surface area contributed by atoms with Crippen molar-refractivity contribution in [3.05, 3.63) is 23.3 Å². The first-order valence-electron chi connectivity index (χ1n) is 11.5. The molecule has 2 N–H and O–H groups in total. The number of esters is 1. The van der Waals surface area contributed by atoms with Crippen molar-refractivity contribution in [2.75, 3.05) is 27.3 Å². The van der Waals surface area contributed by atoms with Crippen LogP contribution in [0.1, 0.15) is 64.6 Å². The van der Waals surface area contributed by atoms with Gasteiger partial charge < -0.3 is 19.9 Å². The van der Waals surface area contributed by atoms with Gasteiger partial charge in [-0.15, -0.1) is 0 Å². The lowest BCUT2D eigenvalue weighted by Crippen LogP contribution is -2.51. The molecule has 0 aromatic heterocycles. The van der Waals surface area contributed by atoms with E-state index in [0.29, 0.717) is 11.8 Å². The number of fused-ring (bicyclic) bond motifs is 3. The SMILES string of the molecule is COc1cc2c(cc1OC)C1CC(OC(=O)[C@@H](N)C(C)(C)C)C(CC(C)C)CN1CC2. The summed E-state index contributed by atoms with van der Waals surface area (Å²) in [6, 6.07) is 3.78. The lowest BCUT2D eigenvalue weighted by atomic mass is 9.79. The van der Waals surface area contributed by atoms with Crippen LogP contribution < -0.4 is 15.2 Å². The Balaban J connectivity index is 1.88. The van der Waals surface area contributed by atoms with Gasteiger partial charge in [0.2, 0.25) is 0 Å². The highest BCUT2D eigenvalue weighted by Gasteiger charge is 2.42. The monoisotopic (exact) mass is 432 g/mol. The number of hydrogen-bond donors (Lipinski definition) is 1. The second kappa shape index (κ2) is 9.37. The molecule has 3 rings (SSSR count). The third kappa shape index (κ3) is 5.17. The van der Waals surface area contributed by atoms with Gasteiger partial charge in [-0.1, -0.05) is 34.6 Å². The second-order valence-electron chi connectivity index (χ2n) is 10.6. The Morgan fingerprint density at radius 3 is 2.42 bits per heavy atom. The largest absolute Gasteiger partial charge is 0.493 e. The normalized spacial score (nSPS) is 24.9. The highest BCUT2D eigenvalue weighted by atomic mass is 16.5. The quantitative estimate of drug-likeness (QED) is 0.686. The molecule has 6 heteroatoms. The van der Waals surface area contributed by atoms with Crippen LogP contribution in [0.25, 0.3) is 0 Å². The number of methoxy groups -OCH3 is 2. The Morgan fingerprint density at radius 2 is 1.84 bits per heavy atom. The number of benzene rings is 1. The Bertz CT molecular complexity index is 786. The number of hydrogen-bond acceptors (Lipinski definition) is 6. The third-order valence-corrected chi connectivity index (χ3v) is 6.79. The molecule has 0 radical (unpaired) electrons. The molecule has 1 fully saturated rings. The summed E-state index contributed by atoms with van der Waals surface area (Å²) in [6.07, 6.45) is 2.66. The van der Waals surface area contributed by atoms with Gasteiger partial charge in [-0.05, 0) is 47.4 Å². The van der Waals surface area contributed by atoms with E-state index in [4.69, 9.17) is 19.9 Å². The smallest absolute Gasteiger partial charge is 0.323 e. The number of nitrogens with zero attached hydrogens (tertiary/aromatic N) is 1. The van der Waals surface area contributed by atoms with E-state index in [2.05, 4.69) is 30.9 Å². The lowest BCUT2D eigenvalue weighted by molar-refractivity contribution is -0.161. The average Bonchev–Trinajstić information content (AvgIpc) is 2.71. The third-order valence-electron chi connectivity index (χ3n) is 6.79. The van der Waals surface area contributed by atoms with Crippen molar-refractivity contribution >= 4 is 5.97 Å². The van der Waals surface area contributed by atoms with Crippen molar-refractivity contribution in [1.82, 2.24) is 4.90 Å². The standard InChI is InChI=1S/C25H40N2O4/c1-15(2)10-17-14-27-9-8-16-11-21(29-6)22(30-7)12-18(16)19(27)13-20(17)31-24(28)23(26)25(3,4)5/h11-12,15,17,19-20,23H,8-10,13-14,26H2,1-7H3/t17?,19?,20?,23-/m1/s1. The van der Waals surface area contributed by atoms with Gasteiger partial charge in [-0.2, -0.15) is 0 Å². The average molecular weight is 433 g/mol. The maximum atomic E-state index is 12.9. The van der Waals surface area contributed by atoms with Crippen LogP contribution in [0.15, 0.2) is 12.1 Å². The second-order valence-corrected chi connectivity index (χ2v) is 10.6. The van der Waals surface area contributed by atoms with E-state index >= 15 is 0 Å². The molecule has 0 amide bonds. The zero-order chi connectivity index (χ0) is 22.9. The molecule has 2 heterocycles. The van der Waals surface area contributed by atoms with Gasteiger partial charge in [0.05, 0.1) is 14.2 Å². The van der Waals surface area contributed by atoms with E-state index in [1.807, 2.05) is 20.8 Å². The van der Waals surface area contributed by atoms with Gasteiger partial charge in [-0.25, -0.2) is 0 Å². The van der Waals surface area contributed by atoms with E-state index in [1.54, 1.807) is 14.2 Å². The molecule has 3 unspecified atom stereocenters. The van der Waals surface area contributed by atoms with Gasteiger partial charge >= 0.3 is 5.97 Å². The summed E-state index contributed by atoms with van der Waals surface area (Å²) >= 11 is 0. The van der Waals surface area contributed by atoms with E-state index < -0.39 is 6.04 Å². The maximum Gasteiger partial charge on any atom is 0.323 e. The van der Waals surface area contributed by atoms with Gasteiger partial charge in [0.25, 0.3) is 0 Å². The number of rotatable bonds is 6. The molecule has 0 saturated carbocycles. The number of carbonyl (C=O) groups is 1. The molecule has 0 bridgehead atoms. The number of ether oxygens (including phenoxy) is 3. The Labute approximate surface area is 187 Å². The molecule has 2 aliphatic heterocycles. The van der Waals surface area contributed by atoms with E-state index in [1.165, 1.54) is 11.1 Å². The fourth-order valence-corrected chi connectivity index (χ4v) is 4.96. The van der Waals surface area contributed by atoms with Crippen LogP contribution in [0.5, 0.6) is 11.5 Å². The Hall–Kier alpha value is -1.79. The molecule has 1 aromatic carbocycles. The van der Waals surface area contributed by atoms with Crippen LogP contribution in [0.3, 0.4) is 0 Å². The Kier molecular flexibility index (Phi) is 7.21. The highest BCUT2D eigenvalue weighted by Crippen LogP contribution is 2.44. The molecule has 0 spiro atoms. The highest BCUT2D eigenvalue weighted by molar-refractivity contribution is 5.76. The molecule has 1 saturated heterocycles. The lowest BCUT2D eigenvalue weighted by Gasteiger charge is -2.47. The molecule has 6 nitrogen and oxygen atoms in total. The number of nitrogens with two attached hydrogens (primary N) is 1. The van der Waals surface area contributed by atoms with E-state index in [0.717, 1.165) is 43.9 Å². The molecule has 0 aliphatic carbocycles. The molecular formula is C25H40N2O4. The molecule has 4 atom stereocenters. The fourth-order valence-electron chi connectivity index (χ4n) is 4.96. The minimum Gasteiger partial charge on any atom is -0.493 e. The summed E-state index contributed by atoms with van der Waals surface area (Å²) < 4.78 is 17.2. The first-order valence-corrected chi connectivity index (χ1v) is 11.5. The van der Waals surface area contributed by atoms with Crippen molar-refractivity contribution in [3.8, 4) is 11.5 Å². The summed E-state index contributed by atoms with van der Waals surface area (Å²) in [4.78, 5) is 15.4. The van der Waals surface area contributed by atoms with Crippen molar-refractivity contribution in [3.63, 3.8) is 0 Å². The molecule has 31 heavy (non-hydrogen) atoms. The Morgan fingerprint density at radius 1 is 1.19 bits per heavy atom. The van der Waals surface area contributed by atoms with Crippen molar-refractivity contribution in [2.24, 2.45) is 23.0 Å².